The van der Waals surface area contributed by atoms with Crippen molar-refractivity contribution in [3.05, 3.63) is 102 Å². The van der Waals surface area contributed by atoms with Crippen LogP contribution >= 0.6 is 0 Å². The van der Waals surface area contributed by atoms with Crippen molar-refractivity contribution >= 4 is 23.4 Å². The first kappa shape index (κ1) is 34.5. The van der Waals surface area contributed by atoms with Gasteiger partial charge in [0, 0.05) is 25.8 Å². The van der Waals surface area contributed by atoms with Gasteiger partial charge in [-0.2, -0.15) is 0 Å². The lowest BCUT2D eigenvalue weighted by atomic mass is 9.99. The monoisotopic (exact) mass is 626 g/mol. The molecule has 246 valence electrons. The number of anilines is 2. The number of ether oxygens (including phenoxy) is 1. The summed E-state index contributed by atoms with van der Waals surface area (Å²) in [5.74, 6) is 1.34. The molecule has 9 heteroatoms. The summed E-state index contributed by atoms with van der Waals surface area (Å²) in [5, 5.41) is 9.10. The van der Waals surface area contributed by atoms with Crippen molar-refractivity contribution < 1.29 is 14.3 Å². The Morgan fingerprint density at radius 3 is 2.28 bits per heavy atom. The number of hydrogen-bond donors (Lipinski definition) is 3. The molecule has 0 radical (unpaired) electrons. The minimum Gasteiger partial charge on any atom is -0.444 e. The number of nitrogens with zero attached hydrogens (tertiary/aromatic N) is 3. The molecule has 3 N–H and O–H groups in total. The number of carbonyl (C=O) groups excluding carboxylic acids is 2. The molecule has 0 spiro atoms. The zero-order valence-corrected chi connectivity index (χ0v) is 27.9. The number of rotatable bonds is 14. The summed E-state index contributed by atoms with van der Waals surface area (Å²) in [6.07, 6.45) is 5.66. The lowest BCUT2D eigenvalue weighted by molar-refractivity contribution is 0.0635. The fourth-order valence-corrected chi connectivity index (χ4v) is 5.36. The highest BCUT2D eigenvalue weighted by atomic mass is 16.6. The van der Waals surface area contributed by atoms with Gasteiger partial charge in [-0.05, 0) is 101 Å². The molecule has 0 saturated carbocycles. The highest BCUT2D eigenvalue weighted by Crippen LogP contribution is 2.23. The number of carbonyl (C=O) groups is 2. The maximum atomic E-state index is 13.1. The zero-order valence-electron chi connectivity index (χ0n) is 27.9. The highest BCUT2D eigenvalue weighted by Gasteiger charge is 2.19. The van der Waals surface area contributed by atoms with Crippen molar-refractivity contribution in [1.29, 1.82) is 0 Å². The van der Waals surface area contributed by atoms with Crippen LogP contribution in [0.1, 0.15) is 68.6 Å². The van der Waals surface area contributed by atoms with Crippen LogP contribution < -0.4 is 16.0 Å². The van der Waals surface area contributed by atoms with Gasteiger partial charge >= 0.3 is 6.09 Å². The Labute approximate surface area is 274 Å². The summed E-state index contributed by atoms with van der Waals surface area (Å²) in [6.45, 7) is 17.8. The molecule has 1 aliphatic rings. The molecule has 0 unspecified atom stereocenters. The van der Waals surface area contributed by atoms with Crippen LogP contribution in [0.2, 0.25) is 0 Å². The maximum absolute atomic E-state index is 13.1. The molecule has 9 nitrogen and oxygen atoms in total. The van der Waals surface area contributed by atoms with Crippen molar-refractivity contribution in [2.75, 3.05) is 43.4 Å². The van der Waals surface area contributed by atoms with Crippen LogP contribution in [-0.2, 0) is 17.7 Å². The van der Waals surface area contributed by atoms with Gasteiger partial charge in [0.05, 0.1) is 17.2 Å². The van der Waals surface area contributed by atoms with Gasteiger partial charge in [0.1, 0.15) is 11.3 Å². The van der Waals surface area contributed by atoms with Gasteiger partial charge in [-0.3, -0.25) is 15.1 Å². The van der Waals surface area contributed by atoms with Crippen LogP contribution in [0.25, 0.3) is 0 Å². The molecule has 1 saturated heterocycles. The number of benzene rings is 2. The van der Waals surface area contributed by atoms with E-state index in [-0.39, 0.29) is 11.6 Å². The molecule has 3 aromatic rings. The van der Waals surface area contributed by atoms with E-state index >= 15 is 0 Å². The van der Waals surface area contributed by atoms with E-state index in [0.717, 1.165) is 49.8 Å². The van der Waals surface area contributed by atoms with E-state index in [1.807, 2.05) is 12.1 Å². The van der Waals surface area contributed by atoms with Gasteiger partial charge < -0.3 is 25.2 Å². The van der Waals surface area contributed by atoms with E-state index in [1.165, 1.54) is 31.5 Å². The number of pyridine rings is 1. The van der Waals surface area contributed by atoms with Gasteiger partial charge in [-0.1, -0.05) is 62.0 Å². The van der Waals surface area contributed by atoms with Crippen molar-refractivity contribution in [3.8, 4) is 0 Å². The van der Waals surface area contributed by atoms with E-state index in [1.54, 1.807) is 57.3 Å². The first-order valence-electron chi connectivity index (χ1n) is 16.3. The number of amides is 2. The largest absolute Gasteiger partial charge is 0.444 e. The average Bonchev–Trinajstić information content (AvgIpc) is 3.02. The van der Waals surface area contributed by atoms with Crippen LogP contribution in [0.5, 0.6) is 0 Å². The number of para-hydroxylation sites is 2. The molecule has 1 fully saturated rings. The minimum atomic E-state index is -0.639. The molecule has 0 bridgehead atoms. The van der Waals surface area contributed by atoms with Crippen molar-refractivity contribution in [2.24, 2.45) is 5.92 Å². The normalized spacial score (nSPS) is 13.9. The Hall–Kier alpha value is -4.37. The molecule has 0 aliphatic carbocycles. The average molecular weight is 627 g/mol. The molecule has 1 aliphatic heterocycles. The molecular weight excluding hydrogens is 576 g/mol. The maximum Gasteiger partial charge on any atom is 0.412 e. The minimum absolute atomic E-state index is 0.279. The van der Waals surface area contributed by atoms with Crippen molar-refractivity contribution in [1.82, 2.24) is 20.1 Å². The van der Waals surface area contributed by atoms with Gasteiger partial charge in [0.15, 0.2) is 0 Å². The molecule has 46 heavy (non-hydrogen) atoms. The number of likely N-dealkylation sites (tertiary alicyclic amines) is 1. The van der Waals surface area contributed by atoms with Crippen LogP contribution in [0.15, 0.2) is 85.3 Å². The van der Waals surface area contributed by atoms with E-state index in [4.69, 9.17) is 4.74 Å². The van der Waals surface area contributed by atoms with E-state index in [9.17, 15) is 9.59 Å². The second-order valence-corrected chi connectivity index (χ2v) is 13.1. The molecular formula is C37H50N6O3. The van der Waals surface area contributed by atoms with Crippen LogP contribution in [0, 0.1) is 5.92 Å². The predicted molar refractivity (Wildman–Crippen MR) is 186 cm³/mol. The molecule has 0 atom stereocenters. The quantitative estimate of drug-likeness (QED) is 0.179. The molecule has 2 heterocycles. The number of piperidine rings is 1. The number of hydrogen-bond acceptors (Lipinski definition) is 7. The third-order valence-corrected chi connectivity index (χ3v) is 7.99. The first-order chi connectivity index (χ1) is 22.1. The Balaban J connectivity index is 1.36. The summed E-state index contributed by atoms with van der Waals surface area (Å²) in [4.78, 5) is 34.7. The Morgan fingerprint density at radius 2 is 1.63 bits per heavy atom. The summed E-state index contributed by atoms with van der Waals surface area (Å²) in [5.41, 5.74) is 2.81. The highest BCUT2D eigenvalue weighted by molar-refractivity contribution is 6.05. The van der Waals surface area contributed by atoms with Gasteiger partial charge in [-0.15, -0.1) is 0 Å². The Morgan fingerprint density at radius 1 is 0.957 bits per heavy atom. The summed E-state index contributed by atoms with van der Waals surface area (Å²) in [6, 6.07) is 21.1. The molecule has 2 aromatic carbocycles. The SMILES string of the molecule is C=C(NCCc1ccccc1)N(CCCN1CCC(C)CC1)Cc1ccc(C(=O)Nc2ccccc2NC(=O)OC(C)(C)C)nc1. The lowest BCUT2D eigenvalue weighted by Crippen LogP contribution is -2.37. The summed E-state index contributed by atoms with van der Waals surface area (Å²) in [7, 11) is 0. The topological polar surface area (TPSA) is 98.8 Å². The van der Waals surface area contributed by atoms with E-state index in [0.29, 0.717) is 17.9 Å². The fraction of sp³-hybridized carbons (Fsp3) is 0.432. The van der Waals surface area contributed by atoms with Gasteiger partial charge in [0.2, 0.25) is 0 Å². The third kappa shape index (κ3) is 11.5. The zero-order chi connectivity index (χ0) is 32.9. The predicted octanol–water partition coefficient (Wildman–Crippen LogP) is 6.91. The van der Waals surface area contributed by atoms with Gasteiger partial charge in [-0.25, -0.2) is 4.79 Å². The summed E-state index contributed by atoms with van der Waals surface area (Å²) >= 11 is 0. The molecule has 2 amide bonds. The van der Waals surface area contributed by atoms with Crippen LogP contribution in [-0.4, -0.2) is 65.1 Å². The van der Waals surface area contributed by atoms with Crippen LogP contribution in [0.4, 0.5) is 16.2 Å². The lowest BCUT2D eigenvalue weighted by Gasteiger charge is -2.32. The number of aromatic nitrogens is 1. The fourth-order valence-electron chi connectivity index (χ4n) is 5.36. The summed E-state index contributed by atoms with van der Waals surface area (Å²) < 4.78 is 5.36. The first-order valence-corrected chi connectivity index (χ1v) is 16.3. The second-order valence-electron chi connectivity index (χ2n) is 13.1. The smallest absolute Gasteiger partial charge is 0.412 e. The third-order valence-electron chi connectivity index (χ3n) is 7.99. The van der Waals surface area contributed by atoms with E-state index in [2.05, 4.69) is 68.5 Å². The van der Waals surface area contributed by atoms with E-state index < -0.39 is 11.7 Å². The second kappa shape index (κ2) is 16.8. The van der Waals surface area contributed by atoms with Crippen molar-refractivity contribution in [2.45, 2.75) is 65.5 Å². The standard InChI is InChI=1S/C37H50N6O3/c1-28-19-24-42(25-20-28)22-11-23-43(29(2)38-21-18-30-12-7-6-8-13-30)27-31-16-17-34(39-26-31)35(44)40-32-14-9-10-15-33(32)41-36(45)46-37(3,4)5/h6-10,12-17,26,28,38H,2,11,18-25,27H2,1,3-5H3,(H,40,44)(H,41,45). The molecule has 4 rings (SSSR count). The van der Waals surface area contributed by atoms with Crippen molar-refractivity contribution in [3.63, 3.8) is 0 Å². The molecule has 1 aromatic heterocycles. The van der Waals surface area contributed by atoms with Crippen LogP contribution in [0.3, 0.4) is 0 Å². The number of nitrogens with one attached hydrogen (secondary N) is 3. The Bertz CT molecular complexity index is 1410. The Kier molecular flexibility index (Phi) is 12.6. The van der Waals surface area contributed by atoms with Gasteiger partial charge in [0.25, 0.3) is 5.91 Å².